The molecule has 0 saturated heterocycles. The number of benzene rings is 1. The van der Waals surface area contributed by atoms with Gasteiger partial charge in [0.05, 0.1) is 22.3 Å². The Hall–Kier alpha value is -1.63. The number of hydrogen-bond donors (Lipinski definition) is 2. The molecule has 6 nitrogen and oxygen atoms in total. The van der Waals surface area contributed by atoms with Crippen molar-refractivity contribution in [3.8, 4) is 0 Å². The van der Waals surface area contributed by atoms with E-state index in [0.717, 1.165) is 23.5 Å². The Morgan fingerprint density at radius 3 is 2.50 bits per heavy atom. The second kappa shape index (κ2) is 9.32. The number of halogens is 5. The van der Waals surface area contributed by atoms with Crippen LogP contribution in [0.2, 0.25) is 5.02 Å². The van der Waals surface area contributed by atoms with Crippen LogP contribution in [0.3, 0.4) is 0 Å². The molecular weight excluding hydrogens is 492 g/mol. The molecule has 32 heavy (non-hydrogen) atoms. The van der Waals surface area contributed by atoms with Crippen LogP contribution in [0, 0.1) is 18.7 Å². The number of nitrogens with zero attached hydrogens (tertiary/aromatic N) is 2. The summed E-state index contributed by atoms with van der Waals surface area (Å²) in [5, 5.41) is 4.70. The molecule has 0 spiro atoms. The molecule has 1 fully saturated rings. The van der Waals surface area contributed by atoms with E-state index in [1.807, 2.05) is 0 Å². The highest BCUT2D eigenvalue weighted by atomic mass is 35.5. The predicted molar refractivity (Wildman–Crippen MR) is 117 cm³/mol. The van der Waals surface area contributed by atoms with Gasteiger partial charge in [0.1, 0.15) is 10.7 Å². The standard InChI is InChI=1S/C19H23ClF4N4O2S2/c1-10-9-31-18(25-10)27-32(29,30)17-7-12(20)15(8-13(17)21)26-14-5-4-11(19(22,23)24)6-16(14)28(2)3/h7-9,11,14,16,26H,4-6H2,1-3H3,(H,25,27)/t11?,14-,16-/m0/s1. The number of aromatic nitrogens is 1. The summed E-state index contributed by atoms with van der Waals surface area (Å²) in [6, 6.07) is 1.05. The zero-order valence-electron chi connectivity index (χ0n) is 17.5. The highest BCUT2D eigenvalue weighted by Crippen LogP contribution is 2.40. The third kappa shape index (κ3) is 5.64. The molecule has 3 rings (SSSR count). The first-order valence-corrected chi connectivity index (χ1v) is 12.5. The minimum atomic E-state index is -4.28. The number of anilines is 2. The number of likely N-dealkylation sites (N-methyl/N-ethyl adjacent to an activating group) is 1. The predicted octanol–water partition coefficient (Wildman–Crippen LogP) is 5.12. The molecule has 1 unspecified atom stereocenters. The topological polar surface area (TPSA) is 74.3 Å². The molecular formula is C19H23ClF4N4O2S2. The van der Waals surface area contributed by atoms with E-state index in [9.17, 15) is 26.0 Å². The number of thiazole rings is 1. The van der Waals surface area contributed by atoms with Crippen molar-refractivity contribution in [2.45, 2.75) is 49.3 Å². The summed E-state index contributed by atoms with van der Waals surface area (Å²) in [4.78, 5) is 5.04. The molecule has 0 amide bonds. The van der Waals surface area contributed by atoms with Gasteiger partial charge in [-0.15, -0.1) is 11.3 Å². The number of hydrogen-bond acceptors (Lipinski definition) is 6. The van der Waals surface area contributed by atoms with E-state index in [2.05, 4.69) is 15.0 Å². The van der Waals surface area contributed by atoms with Crippen molar-refractivity contribution in [3.05, 3.63) is 34.0 Å². The molecule has 178 valence electrons. The van der Waals surface area contributed by atoms with Crippen molar-refractivity contribution in [1.29, 1.82) is 0 Å². The lowest BCUT2D eigenvalue weighted by Crippen LogP contribution is -2.49. The van der Waals surface area contributed by atoms with Gasteiger partial charge in [0.2, 0.25) is 0 Å². The second-order valence-corrected chi connectivity index (χ2v) is 10.9. The molecule has 1 aromatic heterocycles. The average Bonchev–Trinajstić information content (AvgIpc) is 3.07. The normalized spacial score (nSPS) is 22.2. The third-order valence-corrected chi connectivity index (χ3v) is 8.11. The van der Waals surface area contributed by atoms with Gasteiger partial charge < -0.3 is 10.2 Å². The molecule has 0 aliphatic heterocycles. The Labute approximate surface area is 193 Å². The SMILES string of the molecule is Cc1csc(NS(=O)(=O)c2cc(Cl)c(N[C@H]3CCC(C(F)(F)F)C[C@@H]3N(C)C)cc2F)n1. The molecule has 1 saturated carbocycles. The van der Waals surface area contributed by atoms with Crippen LogP contribution in [0.5, 0.6) is 0 Å². The van der Waals surface area contributed by atoms with Gasteiger partial charge in [-0.1, -0.05) is 11.6 Å². The maximum Gasteiger partial charge on any atom is 0.391 e. The van der Waals surface area contributed by atoms with Crippen LogP contribution in [0.4, 0.5) is 28.4 Å². The van der Waals surface area contributed by atoms with Gasteiger partial charge in [-0.05, 0) is 52.4 Å². The Bertz CT molecular complexity index is 1080. The van der Waals surface area contributed by atoms with Crippen LogP contribution < -0.4 is 10.0 Å². The van der Waals surface area contributed by atoms with Gasteiger partial charge in [0.25, 0.3) is 10.0 Å². The molecule has 1 heterocycles. The summed E-state index contributed by atoms with van der Waals surface area (Å²) in [6.45, 7) is 1.69. The number of alkyl halides is 3. The van der Waals surface area contributed by atoms with E-state index < -0.39 is 44.9 Å². The third-order valence-electron chi connectivity index (χ3n) is 5.44. The Balaban J connectivity index is 1.82. The fourth-order valence-electron chi connectivity index (χ4n) is 3.80. The van der Waals surface area contributed by atoms with Gasteiger partial charge >= 0.3 is 6.18 Å². The Morgan fingerprint density at radius 1 is 1.25 bits per heavy atom. The fraction of sp³-hybridized carbons (Fsp3) is 0.526. The second-order valence-electron chi connectivity index (χ2n) is 8.00. The largest absolute Gasteiger partial charge is 0.391 e. The van der Waals surface area contributed by atoms with E-state index in [1.54, 1.807) is 31.3 Å². The van der Waals surface area contributed by atoms with Crippen LogP contribution in [0.15, 0.2) is 22.4 Å². The molecule has 1 aliphatic carbocycles. The molecule has 1 aromatic carbocycles. The summed E-state index contributed by atoms with van der Waals surface area (Å²) < 4.78 is 81.7. The zero-order valence-corrected chi connectivity index (χ0v) is 19.9. The maximum absolute atomic E-state index is 14.8. The lowest BCUT2D eigenvalue weighted by Gasteiger charge is -2.41. The summed E-state index contributed by atoms with van der Waals surface area (Å²) >= 11 is 7.29. The van der Waals surface area contributed by atoms with Crippen molar-refractivity contribution in [1.82, 2.24) is 9.88 Å². The number of nitrogens with one attached hydrogen (secondary N) is 2. The number of sulfonamides is 1. The Kier molecular flexibility index (Phi) is 7.28. The summed E-state index contributed by atoms with van der Waals surface area (Å²) in [5.41, 5.74) is 0.733. The minimum absolute atomic E-state index is 0.0578. The summed E-state index contributed by atoms with van der Waals surface area (Å²) in [6.07, 6.45) is -4.23. The van der Waals surface area contributed by atoms with Crippen molar-refractivity contribution < 1.29 is 26.0 Å². The first-order chi connectivity index (χ1) is 14.8. The van der Waals surface area contributed by atoms with Crippen molar-refractivity contribution in [3.63, 3.8) is 0 Å². The van der Waals surface area contributed by atoms with E-state index in [4.69, 9.17) is 11.6 Å². The van der Waals surface area contributed by atoms with Crippen LogP contribution in [0.25, 0.3) is 0 Å². The summed E-state index contributed by atoms with van der Waals surface area (Å²) in [5.74, 6) is -2.45. The van der Waals surface area contributed by atoms with Gasteiger partial charge in [-0.2, -0.15) is 13.2 Å². The lowest BCUT2D eigenvalue weighted by molar-refractivity contribution is -0.186. The van der Waals surface area contributed by atoms with Crippen LogP contribution in [0.1, 0.15) is 25.0 Å². The molecule has 1 aliphatic rings. The van der Waals surface area contributed by atoms with Gasteiger partial charge in [-0.3, -0.25) is 4.72 Å². The van der Waals surface area contributed by atoms with Crippen LogP contribution in [-0.4, -0.2) is 50.7 Å². The fourth-order valence-corrected chi connectivity index (χ4v) is 6.11. The lowest BCUT2D eigenvalue weighted by atomic mass is 9.81. The van der Waals surface area contributed by atoms with Crippen molar-refractivity contribution >= 4 is 43.8 Å². The highest BCUT2D eigenvalue weighted by Gasteiger charge is 2.45. The quantitative estimate of drug-likeness (QED) is 0.523. The molecule has 2 N–H and O–H groups in total. The van der Waals surface area contributed by atoms with E-state index in [1.165, 1.54) is 0 Å². The number of aryl methyl sites for hydroxylation is 1. The van der Waals surface area contributed by atoms with Gasteiger partial charge in [0, 0.05) is 17.5 Å². The van der Waals surface area contributed by atoms with E-state index in [0.29, 0.717) is 5.69 Å². The highest BCUT2D eigenvalue weighted by molar-refractivity contribution is 7.93. The van der Waals surface area contributed by atoms with Crippen LogP contribution >= 0.6 is 22.9 Å². The van der Waals surface area contributed by atoms with E-state index in [-0.39, 0.29) is 35.1 Å². The van der Waals surface area contributed by atoms with Gasteiger partial charge in [0.15, 0.2) is 5.13 Å². The van der Waals surface area contributed by atoms with Crippen molar-refractivity contribution in [2.75, 3.05) is 24.1 Å². The molecule has 3 atom stereocenters. The minimum Gasteiger partial charge on any atom is -0.379 e. The molecule has 0 radical (unpaired) electrons. The van der Waals surface area contributed by atoms with Crippen LogP contribution in [-0.2, 0) is 10.0 Å². The average molecular weight is 515 g/mol. The Morgan fingerprint density at radius 2 is 1.94 bits per heavy atom. The molecule has 13 heteroatoms. The van der Waals surface area contributed by atoms with Crippen molar-refractivity contribution in [2.24, 2.45) is 5.92 Å². The number of rotatable bonds is 6. The smallest absolute Gasteiger partial charge is 0.379 e. The molecule has 2 aromatic rings. The first-order valence-electron chi connectivity index (χ1n) is 9.71. The van der Waals surface area contributed by atoms with Gasteiger partial charge in [-0.25, -0.2) is 17.8 Å². The first kappa shape index (κ1) is 25.0. The summed E-state index contributed by atoms with van der Waals surface area (Å²) in [7, 11) is -0.908. The maximum atomic E-state index is 14.8. The molecule has 0 bridgehead atoms. The zero-order chi connectivity index (χ0) is 23.8. The van der Waals surface area contributed by atoms with E-state index >= 15 is 0 Å². The monoisotopic (exact) mass is 514 g/mol.